The SMILES string of the molecule is Cc1ccc(C(CN)Cc2cccs2)c(C)c1. The van der Waals surface area contributed by atoms with Gasteiger partial charge in [0.1, 0.15) is 0 Å². The maximum absolute atomic E-state index is 5.93. The lowest BCUT2D eigenvalue weighted by atomic mass is 9.90. The molecule has 2 rings (SSSR count). The fourth-order valence-electron chi connectivity index (χ4n) is 2.28. The zero-order valence-corrected chi connectivity index (χ0v) is 11.3. The van der Waals surface area contributed by atoms with Gasteiger partial charge in [0.2, 0.25) is 0 Å². The molecule has 0 radical (unpaired) electrons. The van der Waals surface area contributed by atoms with Crippen LogP contribution in [0.5, 0.6) is 0 Å². The van der Waals surface area contributed by atoms with Gasteiger partial charge in [0.05, 0.1) is 0 Å². The second kappa shape index (κ2) is 5.48. The molecule has 2 heteroatoms. The van der Waals surface area contributed by atoms with Crippen molar-refractivity contribution in [2.24, 2.45) is 5.73 Å². The molecule has 0 aliphatic heterocycles. The fraction of sp³-hybridized carbons (Fsp3) is 0.333. The molecule has 1 heterocycles. The number of benzene rings is 1. The van der Waals surface area contributed by atoms with E-state index in [4.69, 9.17) is 5.73 Å². The van der Waals surface area contributed by atoms with Crippen LogP contribution < -0.4 is 5.73 Å². The molecule has 90 valence electrons. The van der Waals surface area contributed by atoms with E-state index in [1.807, 2.05) is 11.3 Å². The Labute approximate surface area is 107 Å². The minimum Gasteiger partial charge on any atom is -0.330 e. The average molecular weight is 245 g/mol. The molecule has 0 aliphatic carbocycles. The molecule has 1 aromatic heterocycles. The fourth-order valence-corrected chi connectivity index (χ4v) is 3.06. The van der Waals surface area contributed by atoms with E-state index < -0.39 is 0 Å². The van der Waals surface area contributed by atoms with Gasteiger partial charge in [-0.25, -0.2) is 0 Å². The van der Waals surface area contributed by atoms with Gasteiger partial charge in [0.15, 0.2) is 0 Å². The Hall–Kier alpha value is -1.12. The minimum absolute atomic E-state index is 0.439. The van der Waals surface area contributed by atoms with Crippen LogP contribution in [-0.2, 0) is 6.42 Å². The Morgan fingerprint density at radius 1 is 1.24 bits per heavy atom. The lowest BCUT2D eigenvalue weighted by molar-refractivity contribution is 0.696. The minimum atomic E-state index is 0.439. The van der Waals surface area contributed by atoms with Crippen LogP contribution in [0.25, 0.3) is 0 Å². The summed E-state index contributed by atoms with van der Waals surface area (Å²) in [5, 5.41) is 2.13. The molecule has 0 saturated carbocycles. The number of hydrogen-bond acceptors (Lipinski definition) is 2. The third kappa shape index (κ3) is 2.96. The highest BCUT2D eigenvalue weighted by molar-refractivity contribution is 7.09. The van der Waals surface area contributed by atoms with Gasteiger partial charge in [-0.05, 0) is 49.4 Å². The monoisotopic (exact) mass is 245 g/mol. The summed E-state index contributed by atoms with van der Waals surface area (Å²) in [4.78, 5) is 1.42. The van der Waals surface area contributed by atoms with Gasteiger partial charge in [0.25, 0.3) is 0 Å². The molecule has 0 saturated heterocycles. The third-order valence-electron chi connectivity index (χ3n) is 3.18. The molecule has 17 heavy (non-hydrogen) atoms. The van der Waals surface area contributed by atoms with Crippen molar-refractivity contribution in [1.29, 1.82) is 0 Å². The molecular weight excluding hydrogens is 226 g/mol. The summed E-state index contributed by atoms with van der Waals surface area (Å²) in [6, 6.07) is 11.0. The maximum atomic E-state index is 5.93. The highest BCUT2D eigenvalue weighted by Crippen LogP contribution is 2.25. The van der Waals surface area contributed by atoms with Crippen LogP contribution in [-0.4, -0.2) is 6.54 Å². The van der Waals surface area contributed by atoms with E-state index in [1.54, 1.807) is 0 Å². The molecule has 1 atom stereocenters. The molecule has 0 aliphatic rings. The van der Waals surface area contributed by atoms with Gasteiger partial charge < -0.3 is 5.73 Å². The van der Waals surface area contributed by atoms with Crippen molar-refractivity contribution >= 4 is 11.3 Å². The second-order valence-corrected chi connectivity index (χ2v) is 5.61. The summed E-state index contributed by atoms with van der Waals surface area (Å²) in [6.07, 6.45) is 1.05. The van der Waals surface area contributed by atoms with Crippen LogP contribution >= 0.6 is 11.3 Å². The summed E-state index contributed by atoms with van der Waals surface area (Å²) in [7, 11) is 0. The Morgan fingerprint density at radius 3 is 2.65 bits per heavy atom. The molecule has 0 fully saturated rings. The second-order valence-electron chi connectivity index (χ2n) is 4.58. The molecule has 0 spiro atoms. The van der Waals surface area contributed by atoms with Crippen molar-refractivity contribution in [1.82, 2.24) is 0 Å². The average Bonchev–Trinajstić information content (AvgIpc) is 2.79. The van der Waals surface area contributed by atoms with E-state index in [2.05, 4.69) is 49.6 Å². The van der Waals surface area contributed by atoms with Crippen LogP contribution in [0.1, 0.15) is 27.5 Å². The lowest BCUT2D eigenvalue weighted by Gasteiger charge is -2.17. The smallest absolute Gasteiger partial charge is 0.00517 e. The van der Waals surface area contributed by atoms with E-state index in [0.717, 1.165) is 6.42 Å². The summed E-state index contributed by atoms with van der Waals surface area (Å²) in [5.41, 5.74) is 10.0. The standard InChI is InChI=1S/C15H19NS/c1-11-5-6-15(12(2)8-11)13(10-16)9-14-4-3-7-17-14/h3-8,13H,9-10,16H2,1-2H3. The first kappa shape index (κ1) is 12.3. The van der Waals surface area contributed by atoms with Crippen molar-refractivity contribution in [2.75, 3.05) is 6.54 Å². The van der Waals surface area contributed by atoms with Crippen LogP contribution in [0.3, 0.4) is 0 Å². The molecule has 0 bridgehead atoms. The van der Waals surface area contributed by atoms with Gasteiger partial charge in [-0.1, -0.05) is 29.8 Å². The van der Waals surface area contributed by atoms with E-state index >= 15 is 0 Å². The molecule has 1 nitrogen and oxygen atoms in total. The van der Waals surface area contributed by atoms with Crippen molar-refractivity contribution < 1.29 is 0 Å². The van der Waals surface area contributed by atoms with E-state index in [1.165, 1.54) is 21.6 Å². The Kier molecular flexibility index (Phi) is 3.97. The largest absolute Gasteiger partial charge is 0.330 e. The van der Waals surface area contributed by atoms with Crippen LogP contribution in [0.15, 0.2) is 35.7 Å². The van der Waals surface area contributed by atoms with Gasteiger partial charge >= 0.3 is 0 Å². The third-order valence-corrected chi connectivity index (χ3v) is 4.08. The predicted octanol–water partition coefficient (Wildman–Crippen LogP) is 3.65. The highest BCUT2D eigenvalue weighted by atomic mass is 32.1. The molecular formula is C15H19NS. The molecule has 0 amide bonds. The van der Waals surface area contributed by atoms with Crippen molar-refractivity contribution in [3.63, 3.8) is 0 Å². The Morgan fingerprint density at radius 2 is 2.06 bits per heavy atom. The maximum Gasteiger partial charge on any atom is 0.00517 e. The van der Waals surface area contributed by atoms with Crippen LogP contribution in [0.2, 0.25) is 0 Å². The number of nitrogens with two attached hydrogens (primary N) is 1. The number of rotatable bonds is 4. The molecule has 2 N–H and O–H groups in total. The van der Waals surface area contributed by atoms with Gasteiger partial charge in [-0.2, -0.15) is 0 Å². The van der Waals surface area contributed by atoms with Gasteiger partial charge in [-0.15, -0.1) is 11.3 Å². The predicted molar refractivity (Wildman–Crippen MR) is 75.7 cm³/mol. The normalized spacial score (nSPS) is 12.6. The zero-order chi connectivity index (χ0) is 12.3. The Bertz CT molecular complexity index is 474. The first-order valence-electron chi connectivity index (χ1n) is 6.00. The zero-order valence-electron chi connectivity index (χ0n) is 10.4. The van der Waals surface area contributed by atoms with Gasteiger partial charge in [0, 0.05) is 10.8 Å². The van der Waals surface area contributed by atoms with Crippen molar-refractivity contribution in [3.05, 3.63) is 57.3 Å². The topological polar surface area (TPSA) is 26.0 Å². The summed E-state index contributed by atoms with van der Waals surface area (Å²) >= 11 is 1.81. The van der Waals surface area contributed by atoms with Crippen molar-refractivity contribution in [2.45, 2.75) is 26.2 Å². The summed E-state index contributed by atoms with van der Waals surface area (Å²) < 4.78 is 0. The molecule has 1 unspecified atom stereocenters. The number of aryl methyl sites for hydroxylation is 2. The summed E-state index contributed by atoms with van der Waals surface area (Å²) in [6.45, 7) is 5.02. The molecule has 1 aromatic carbocycles. The van der Waals surface area contributed by atoms with Gasteiger partial charge in [-0.3, -0.25) is 0 Å². The van der Waals surface area contributed by atoms with E-state index in [0.29, 0.717) is 12.5 Å². The first-order valence-corrected chi connectivity index (χ1v) is 6.88. The number of hydrogen-bond donors (Lipinski definition) is 1. The van der Waals surface area contributed by atoms with E-state index in [9.17, 15) is 0 Å². The van der Waals surface area contributed by atoms with E-state index in [-0.39, 0.29) is 0 Å². The summed E-state index contributed by atoms with van der Waals surface area (Å²) in [5.74, 6) is 0.439. The van der Waals surface area contributed by atoms with Crippen LogP contribution in [0, 0.1) is 13.8 Å². The lowest BCUT2D eigenvalue weighted by Crippen LogP contribution is -2.15. The molecule has 2 aromatic rings. The highest BCUT2D eigenvalue weighted by Gasteiger charge is 2.13. The quantitative estimate of drug-likeness (QED) is 0.874. The number of thiophene rings is 1. The van der Waals surface area contributed by atoms with Crippen molar-refractivity contribution in [3.8, 4) is 0 Å². The Balaban J connectivity index is 2.23. The van der Waals surface area contributed by atoms with Crippen LogP contribution in [0.4, 0.5) is 0 Å². The first-order chi connectivity index (χ1) is 8.20.